The second-order valence-corrected chi connectivity index (χ2v) is 7.46. The fraction of sp³-hybridized carbons (Fsp3) is 0.318. The van der Waals surface area contributed by atoms with E-state index in [0.717, 1.165) is 55.1 Å². The minimum absolute atomic E-state index is 0.0485. The van der Waals surface area contributed by atoms with Crippen LogP contribution in [-0.2, 0) is 17.7 Å². The lowest BCUT2D eigenvalue weighted by molar-refractivity contribution is -0.125. The van der Waals surface area contributed by atoms with Crippen molar-refractivity contribution in [3.8, 4) is 11.8 Å². The number of aromatic nitrogens is 3. The summed E-state index contributed by atoms with van der Waals surface area (Å²) in [4.78, 5) is 22.1. The van der Waals surface area contributed by atoms with E-state index in [1.165, 1.54) is 0 Å². The Hall–Kier alpha value is -2.97. The fourth-order valence-electron chi connectivity index (χ4n) is 3.93. The molecule has 1 saturated heterocycles. The maximum Gasteiger partial charge on any atom is 0.261 e. The summed E-state index contributed by atoms with van der Waals surface area (Å²) in [6.45, 7) is 2.21. The SMILES string of the molecule is O=c1c2ccc(C#Cc3ccccn3)cc2nc2n1CC1(CCC2)COC1. The summed E-state index contributed by atoms with van der Waals surface area (Å²) >= 11 is 0. The fourth-order valence-corrected chi connectivity index (χ4v) is 3.93. The van der Waals surface area contributed by atoms with Gasteiger partial charge in [0.05, 0.1) is 24.1 Å². The maximum atomic E-state index is 13.1. The van der Waals surface area contributed by atoms with Gasteiger partial charge in [-0.15, -0.1) is 0 Å². The van der Waals surface area contributed by atoms with Gasteiger partial charge in [-0.2, -0.15) is 0 Å². The molecule has 4 heterocycles. The van der Waals surface area contributed by atoms with Gasteiger partial charge in [-0.1, -0.05) is 12.0 Å². The van der Waals surface area contributed by atoms with Crippen molar-refractivity contribution in [1.29, 1.82) is 0 Å². The lowest BCUT2D eigenvalue weighted by Crippen LogP contribution is -2.47. The number of benzene rings is 1. The molecule has 0 saturated carbocycles. The first kappa shape index (κ1) is 16.2. The molecule has 134 valence electrons. The van der Waals surface area contributed by atoms with E-state index in [2.05, 4.69) is 16.8 Å². The van der Waals surface area contributed by atoms with Crippen molar-refractivity contribution in [2.24, 2.45) is 5.41 Å². The average Bonchev–Trinajstić information content (AvgIpc) is 2.87. The predicted molar refractivity (Wildman–Crippen MR) is 102 cm³/mol. The first-order valence-corrected chi connectivity index (χ1v) is 9.27. The number of rotatable bonds is 0. The molecule has 5 rings (SSSR count). The van der Waals surface area contributed by atoms with Crippen LogP contribution >= 0.6 is 0 Å². The van der Waals surface area contributed by atoms with E-state index in [1.54, 1.807) is 6.20 Å². The standard InChI is InChI=1S/C22H19N3O2/c26-21-18-9-7-16(6-8-17-4-1-2-11-23-17)12-19(18)24-20-5-3-10-22(13-25(20)21)14-27-15-22/h1-2,4,7,9,11-12H,3,5,10,13-15H2. The molecule has 5 heteroatoms. The van der Waals surface area contributed by atoms with E-state index in [9.17, 15) is 4.79 Å². The zero-order valence-electron chi connectivity index (χ0n) is 14.9. The highest BCUT2D eigenvalue weighted by Gasteiger charge is 2.40. The molecule has 5 nitrogen and oxygen atoms in total. The van der Waals surface area contributed by atoms with Gasteiger partial charge < -0.3 is 4.74 Å². The van der Waals surface area contributed by atoms with Gasteiger partial charge in [0.1, 0.15) is 11.5 Å². The largest absolute Gasteiger partial charge is 0.380 e. The van der Waals surface area contributed by atoms with Crippen molar-refractivity contribution in [2.45, 2.75) is 25.8 Å². The Balaban J connectivity index is 1.56. The van der Waals surface area contributed by atoms with Crippen LogP contribution in [0, 0.1) is 17.3 Å². The number of pyridine rings is 1. The van der Waals surface area contributed by atoms with E-state index >= 15 is 0 Å². The van der Waals surface area contributed by atoms with E-state index in [0.29, 0.717) is 11.9 Å². The third kappa shape index (κ3) is 2.92. The first-order valence-electron chi connectivity index (χ1n) is 9.27. The molecule has 2 aromatic heterocycles. The Morgan fingerprint density at radius 2 is 2.07 bits per heavy atom. The third-order valence-electron chi connectivity index (χ3n) is 5.45. The van der Waals surface area contributed by atoms with E-state index in [4.69, 9.17) is 9.72 Å². The van der Waals surface area contributed by atoms with Gasteiger partial charge in [-0.05, 0) is 49.1 Å². The van der Waals surface area contributed by atoms with Gasteiger partial charge in [-0.3, -0.25) is 9.36 Å². The van der Waals surface area contributed by atoms with Crippen molar-refractivity contribution >= 4 is 10.9 Å². The summed E-state index contributed by atoms with van der Waals surface area (Å²) in [5, 5.41) is 0.652. The molecule has 0 radical (unpaired) electrons. The van der Waals surface area contributed by atoms with Crippen LogP contribution in [0.4, 0.5) is 0 Å². The Bertz CT molecular complexity index is 1140. The van der Waals surface area contributed by atoms with E-state index < -0.39 is 0 Å². The quantitative estimate of drug-likeness (QED) is 0.580. The Morgan fingerprint density at radius 1 is 1.15 bits per heavy atom. The van der Waals surface area contributed by atoms with Gasteiger partial charge >= 0.3 is 0 Å². The van der Waals surface area contributed by atoms with E-state index in [-0.39, 0.29) is 11.0 Å². The third-order valence-corrected chi connectivity index (χ3v) is 5.45. The molecule has 0 amide bonds. The molecule has 27 heavy (non-hydrogen) atoms. The normalized spacial score (nSPS) is 17.5. The molecular formula is C22H19N3O2. The van der Waals surface area contributed by atoms with Crippen LogP contribution in [0.5, 0.6) is 0 Å². The zero-order valence-corrected chi connectivity index (χ0v) is 14.9. The first-order chi connectivity index (χ1) is 13.2. The van der Waals surface area contributed by atoms with Crippen LogP contribution in [0.15, 0.2) is 47.4 Å². The second kappa shape index (κ2) is 6.33. The van der Waals surface area contributed by atoms with Gasteiger partial charge in [0.2, 0.25) is 0 Å². The maximum absolute atomic E-state index is 13.1. The number of fused-ring (bicyclic) bond motifs is 2. The average molecular weight is 357 g/mol. The number of hydrogen-bond donors (Lipinski definition) is 0. The molecular weight excluding hydrogens is 338 g/mol. The van der Waals surface area contributed by atoms with Gasteiger partial charge in [0, 0.05) is 30.1 Å². The van der Waals surface area contributed by atoms with Crippen molar-refractivity contribution in [3.05, 3.63) is 70.0 Å². The Kier molecular flexibility index (Phi) is 3.80. The summed E-state index contributed by atoms with van der Waals surface area (Å²) in [6, 6.07) is 11.3. The molecule has 1 spiro atoms. The van der Waals surface area contributed by atoms with Crippen molar-refractivity contribution < 1.29 is 4.74 Å². The van der Waals surface area contributed by atoms with Crippen molar-refractivity contribution in [3.63, 3.8) is 0 Å². The molecule has 2 aliphatic rings. The minimum atomic E-state index is 0.0485. The van der Waals surface area contributed by atoms with E-state index in [1.807, 2.05) is 41.0 Å². The van der Waals surface area contributed by atoms with Crippen LogP contribution in [0.25, 0.3) is 10.9 Å². The molecule has 1 fully saturated rings. The molecule has 2 aliphatic heterocycles. The summed E-state index contributed by atoms with van der Waals surface area (Å²) in [7, 11) is 0. The molecule has 1 aromatic carbocycles. The number of nitrogens with zero attached hydrogens (tertiary/aromatic N) is 3. The van der Waals surface area contributed by atoms with Crippen LogP contribution in [0.1, 0.15) is 29.9 Å². The van der Waals surface area contributed by atoms with Crippen molar-refractivity contribution in [2.75, 3.05) is 13.2 Å². The van der Waals surface area contributed by atoms with Crippen LogP contribution in [0.3, 0.4) is 0 Å². The Morgan fingerprint density at radius 3 is 2.85 bits per heavy atom. The van der Waals surface area contributed by atoms with Gasteiger partial charge in [0.25, 0.3) is 5.56 Å². The summed E-state index contributed by atoms with van der Waals surface area (Å²) in [5.74, 6) is 7.05. The number of hydrogen-bond acceptors (Lipinski definition) is 4. The van der Waals surface area contributed by atoms with Gasteiger partial charge in [-0.25, -0.2) is 9.97 Å². The Labute approximate surface area is 157 Å². The molecule has 0 bridgehead atoms. The summed E-state index contributed by atoms with van der Waals surface area (Å²) in [5.41, 5.74) is 2.45. The second-order valence-electron chi connectivity index (χ2n) is 7.46. The molecule has 3 aromatic rings. The van der Waals surface area contributed by atoms with Gasteiger partial charge in [0.15, 0.2) is 0 Å². The molecule has 0 atom stereocenters. The summed E-state index contributed by atoms with van der Waals surface area (Å²) in [6.07, 6.45) is 4.69. The highest BCUT2D eigenvalue weighted by Crippen LogP contribution is 2.37. The highest BCUT2D eigenvalue weighted by molar-refractivity contribution is 5.79. The molecule has 0 aliphatic carbocycles. The molecule has 0 N–H and O–H groups in total. The zero-order chi connectivity index (χ0) is 18.3. The van der Waals surface area contributed by atoms with Crippen LogP contribution < -0.4 is 5.56 Å². The lowest BCUT2D eigenvalue weighted by Gasteiger charge is -2.41. The lowest BCUT2D eigenvalue weighted by atomic mass is 9.81. The topological polar surface area (TPSA) is 57.0 Å². The molecule has 0 unspecified atom stereocenters. The monoisotopic (exact) mass is 357 g/mol. The van der Waals surface area contributed by atoms with Crippen LogP contribution in [0.2, 0.25) is 0 Å². The van der Waals surface area contributed by atoms with Crippen molar-refractivity contribution in [1.82, 2.24) is 14.5 Å². The highest BCUT2D eigenvalue weighted by atomic mass is 16.5. The van der Waals surface area contributed by atoms with Crippen LogP contribution in [-0.4, -0.2) is 27.7 Å². The smallest absolute Gasteiger partial charge is 0.261 e. The number of aryl methyl sites for hydroxylation is 1. The predicted octanol–water partition coefficient (Wildman–Crippen LogP) is 2.54. The summed E-state index contributed by atoms with van der Waals surface area (Å²) < 4.78 is 7.31. The number of ether oxygens (including phenoxy) is 1. The minimum Gasteiger partial charge on any atom is -0.380 e.